The van der Waals surface area contributed by atoms with E-state index in [1.807, 2.05) is 6.07 Å². The van der Waals surface area contributed by atoms with Gasteiger partial charge in [-0.05, 0) is 67.1 Å². The number of rotatable bonds is 2. The number of nitrogens with zero attached hydrogens (tertiary/aromatic N) is 2. The highest BCUT2D eigenvalue weighted by Gasteiger charge is 2.21. The second kappa shape index (κ2) is 7.04. The van der Waals surface area contributed by atoms with E-state index in [0.717, 1.165) is 33.2 Å². The van der Waals surface area contributed by atoms with E-state index in [0.29, 0.717) is 5.92 Å². The van der Waals surface area contributed by atoms with Gasteiger partial charge in [-0.3, -0.25) is 0 Å². The lowest BCUT2D eigenvalue weighted by Crippen LogP contribution is -2.30. The summed E-state index contributed by atoms with van der Waals surface area (Å²) in [6.45, 7) is 2.12. The van der Waals surface area contributed by atoms with Gasteiger partial charge < -0.3 is 4.42 Å². The highest BCUT2D eigenvalue weighted by atomic mass is 16.3. The van der Waals surface area contributed by atoms with Crippen molar-refractivity contribution >= 4 is 21.9 Å². The van der Waals surface area contributed by atoms with Crippen molar-refractivity contribution in [1.29, 1.82) is 5.26 Å². The van der Waals surface area contributed by atoms with E-state index >= 15 is 0 Å². The molecule has 0 amide bonds. The van der Waals surface area contributed by atoms with Gasteiger partial charge in [0.25, 0.3) is 0 Å². The minimum absolute atomic E-state index is 0.550. The molecule has 3 heteroatoms. The third-order valence-corrected chi connectivity index (χ3v) is 6.47. The summed E-state index contributed by atoms with van der Waals surface area (Å²) in [5.41, 5.74) is 7.19. The Labute approximate surface area is 171 Å². The number of aryl methyl sites for hydroxylation is 2. The topological polar surface area (TPSA) is 40.8 Å². The van der Waals surface area contributed by atoms with Crippen molar-refractivity contribution in [2.45, 2.75) is 44.9 Å². The zero-order valence-corrected chi connectivity index (χ0v) is 17.0. The van der Waals surface area contributed by atoms with Crippen molar-refractivity contribution in [3.8, 4) is 17.3 Å². The van der Waals surface area contributed by atoms with Gasteiger partial charge >= 0.3 is 0 Å². The molecule has 2 heterocycles. The summed E-state index contributed by atoms with van der Waals surface area (Å²) in [5, 5.41) is 11.9. The van der Waals surface area contributed by atoms with Crippen LogP contribution >= 0.6 is 0 Å². The number of aromatic nitrogens is 1. The van der Waals surface area contributed by atoms with Gasteiger partial charge in [0.05, 0.1) is 11.6 Å². The van der Waals surface area contributed by atoms with Gasteiger partial charge in [-0.1, -0.05) is 19.3 Å². The molecule has 2 aromatic carbocycles. The first-order valence-corrected chi connectivity index (χ1v) is 10.5. The maximum atomic E-state index is 9.93. The molecule has 0 aliphatic heterocycles. The van der Waals surface area contributed by atoms with E-state index in [4.69, 9.17) is 4.42 Å². The molecule has 3 nitrogen and oxygen atoms in total. The molecule has 0 atom stereocenters. The number of hydrogen-bond acceptors (Lipinski definition) is 2. The van der Waals surface area contributed by atoms with E-state index in [1.54, 1.807) is 0 Å². The van der Waals surface area contributed by atoms with Gasteiger partial charge in [-0.15, -0.1) is 0 Å². The fraction of sp³-hybridized carbons (Fsp3) is 0.308. The maximum absolute atomic E-state index is 9.93. The van der Waals surface area contributed by atoms with Crippen molar-refractivity contribution in [3.05, 3.63) is 65.4 Å². The molecule has 0 unspecified atom stereocenters. The molecule has 2 aromatic heterocycles. The molecule has 1 fully saturated rings. The fourth-order valence-electron chi connectivity index (χ4n) is 4.91. The van der Waals surface area contributed by atoms with Gasteiger partial charge in [0, 0.05) is 28.5 Å². The minimum Gasteiger partial charge on any atom is -0.456 e. The molecule has 1 aliphatic carbocycles. The lowest BCUT2D eigenvalue weighted by Gasteiger charge is -2.22. The number of benzene rings is 2. The molecule has 5 rings (SSSR count). The molecule has 144 valence electrons. The molecular formula is C26H25N2O+. The minimum atomic E-state index is 0.550. The summed E-state index contributed by atoms with van der Waals surface area (Å²) in [5.74, 6) is 0.550. The Balaban J connectivity index is 1.74. The Morgan fingerprint density at radius 1 is 1.03 bits per heavy atom. The normalized spacial score (nSPS) is 15.1. The molecule has 0 saturated heterocycles. The average Bonchev–Trinajstić information content (AvgIpc) is 3.10. The maximum Gasteiger partial charge on any atom is 0.212 e. The van der Waals surface area contributed by atoms with E-state index in [-0.39, 0.29) is 0 Å². The standard InChI is InChI=1S/C26H25N2O/c1-17-12-24-22(15-21(17)23-10-6-7-11-28(23)2)26-20(16-27)13-19(14-25(26)29-24)18-8-4-3-5-9-18/h6-7,10-15,18H,3-5,8-9H2,1-2H3/q+1. The third kappa shape index (κ3) is 3.00. The SMILES string of the molecule is Cc1cc2oc3cc(C4CCCCC4)cc(C#N)c3c2cc1-c1cccc[n+]1C. The van der Waals surface area contributed by atoms with Crippen LogP contribution in [0.3, 0.4) is 0 Å². The third-order valence-electron chi connectivity index (χ3n) is 6.47. The lowest BCUT2D eigenvalue weighted by molar-refractivity contribution is -0.660. The molecule has 1 aliphatic rings. The zero-order chi connectivity index (χ0) is 20.0. The van der Waals surface area contributed by atoms with Crippen LogP contribution in [0.5, 0.6) is 0 Å². The van der Waals surface area contributed by atoms with Crippen LogP contribution < -0.4 is 4.57 Å². The molecular weight excluding hydrogens is 356 g/mol. The highest BCUT2D eigenvalue weighted by Crippen LogP contribution is 2.39. The zero-order valence-electron chi connectivity index (χ0n) is 17.0. The largest absolute Gasteiger partial charge is 0.456 e. The van der Waals surface area contributed by atoms with Gasteiger partial charge in [0.15, 0.2) is 6.20 Å². The first-order chi connectivity index (χ1) is 14.2. The Kier molecular flexibility index (Phi) is 4.36. The second-order valence-electron chi connectivity index (χ2n) is 8.35. The summed E-state index contributed by atoms with van der Waals surface area (Å²) in [6.07, 6.45) is 8.37. The summed E-state index contributed by atoms with van der Waals surface area (Å²) in [7, 11) is 2.06. The van der Waals surface area contributed by atoms with Crippen molar-refractivity contribution in [3.63, 3.8) is 0 Å². The van der Waals surface area contributed by atoms with Crippen molar-refractivity contribution in [2.24, 2.45) is 7.05 Å². The van der Waals surface area contributed by atoms with Crippen molar-refractivity contribution < 1.29 is 8.98 Å². The van der Waals surface area contributed by atoms with Crippen molar-refractivity contribution in [2.75, 3.05) is 0 Å². The van der Waals surface area contributed by atoms with Gasteiger partial charge in [-0.25, -0.2) is 4.57 Å². The Hall–Kier alpha value is -3.12. The average molecular weight is 381 g/mol. The highest BCUT2D eigenvalue weighted by molar-refractivity contribution is 6.09. The van der Waals surface area contributed by atoms with E-state index in [2.05, 4.69) is 67.2 Å². The van der Waals surface area contributed by atoms with Gasteiger partial charge in [-0.2, -0.15) is 5.26 Å². The van der Waals surface area contributed by atoms with Crippen LogP contribution in [0.15, 0.2) is 53.1 Å². The smallest absolute Gasteiger partial charge is 0.212 e. The van der Waals surface area contributed by atoms with E-state index in [9.17, 15) is 5.26 Å². The molecule has 1 saturated carbocycles. The number of hydrogen-bond donors (Lipinski definition) is 0. The first kappa shape index (κ1) is 17.9. The van der Waals surface area contributed by atoms with Crippen LogP contribution in [0.4, 0.5) is 0 Å². The first-order valence-electron chi connectivity index (χ1n) is 10.5. The Bertz CT molecular complexity index is 1270. The predicted octanol–water partition coefficient (Wildman–Crippen LogP) is 6.31. The second-order valence-corrected chi connectivity index (χ2v) is 8.35. The lowest BCUT2D eigenvalue weighted by atomic mass is 9.83. The van der Waals surface area contributed by atoms with Gasteiger partial charge in [0.2, 0.25) is 5.69 Å². The quantitative estimate of drug-likeness (QED) is 0.382. The fourth-order valence-corrected chi connectivity index (χ4v) is 4.91. The summed E-state index contributed by atoms with van der Waals surface area (Å²) >= 11 is 0. The van der Waals surface area contributed by atoms with Crippen LogP contribution in [0.2, 0.25) is 0 Å². The number of nitriles is 1. The number of pyridine rings is 1. The molecule has 0 spiro atoms. The monoisotopic (exact) mass is 381 g/mol. The number of fused-ring (bicyclic) bond motifs is 3. The predicted molar refractivity (Wildman–Crippen MR) is 116 cm³/mol. The van der Waals surface area contributed by atoms with E-state index in [1.165, 1.54) is 48.8 Å². The molecule has 29 heavy (non-hydrogen) atoms. The molecule has 0 N–H and O–H groups in total. The Morgan fingerprint density at radius 3 is 2.62 bits per heavy atom. The van der Waals surface area contributed by atoms with Crippen LogP contribution in [0, 0.1) is 18.3 Å². The molecule has 4 aromatic rings. The number of furan rings is 1. The van der Waals surface area contributed by atoms with Crippen LogP contribution in [0.1, 0.15) is 54.7 Å². The van der Waals surface area contributed by atoms with Crippen LogP contribution in [-0.2, 0) is 7.05 Å². The molecule has 0 bridgehead atoms. The van der Waals surface area contributed by atoms with Gasteiger partial charge in [0.1, 0.15) is 18.2 Å². The van der Waals surface area contributed by atoms with E-state index < -0.39 is 0 Å². The summed E-state index contributed by atoms with van der Waals surface area (Å²) < 4.78 is 8.40. The Morgan fingerprint density at radius 2 is 1.86 bits per heavy atom. The van der Waals surface area contributed by atoms with Crippen molar-refractivity contribution in [1.82, 2.24) is 0 Å². The summed E-state index contributed by atoms with van der Waals surface area (Å²) in [4.78, 5) is 0. The summed E-state index contributed by atoms with van der Waals surface area (Å²) in [6, 6.07) is 17.3. The van der Waals surface area contributed by atoms with Crippen LogP contribution in [0.25, 0.3) is 33.2 Å². The molecule has 0 radical (unpaired) electrons. The van der Waals surface area contributed by atoms with Crippen LogP contribution in [-0.4, -0.2) is 0 Å².